The number of rotatable bonds is 3. The van der Waals surface area contributed by atoms with E-state index in [4.69, 9.17) is 4.74 Å². The molecule has 2 heterocycles. The lowest BCUT2D eigenvalue weighted by molar-refractivity contribution is -0.146. The fourth-order valence-corrected chi connectivity index (χ4v) is 3.31. The topological polar surface area (TPSA) is 49.9 Å². The molecular weight excluding hydrogens is 256 g/mol. The van der Waals surface area contributed by atoms with E-state index in [2.05, 4.69) is 11.8 Å². The molecule has 20 heavy (non-hydrogen) atoms. The highest BCUT2D eigenvalue weighted by Gasteiger charge is 2.39. The first kappa shape index (κ1) is 15.3. The van der Waals surface area contributed by atoms with Gasteiger partial charge in [0.15, 0.2) is 0 Å². The zero-order valence-electron chi connectivity index (χ0n) is 12.8. The third kappa shape index (κ3) is 3.14. The van der Waals surface area contributed by atoms with Crippen LogP contribution in [0, 0.1) is 11.8 Å². The summed E-state index contributed by atoms with van der Waals surface area (Å²) < 4.78 is 4.85. The lowest BCUT2D eigenvalue weighted by Crippen LogP contribution is -2.48. The lowest BCUT2D eigenvalue weighted by Gasteiger charge is -2.32. The van der Waals surface area contributed by atoms with Gasteiger partial charge >= 0.3 is 5.97 Å². The minimum atomic E-state index is -0.155. The predicted octanol–water partition coefficient (Wildman–Crippen LogP) is 1.13. The number of esters is 1. The Balaban J connectivity index is 1.94. The molecule has 2 fully saturated rings. The fourth-order valence-electron chi connectivity index (χ4n) is 3.31. The van der Waals surface area contributed by atoms with Crippen LogP contribution in [-0.4, -0.2) is 61.0 Å². The van der Waals surface area contributed by atoms with Gasteiger partial charge in [-0.05, 0) is 32.1 Å². The Bertz CT molecular complexity index is 366. The molecule has 0 spiro atoms. The Labute approximate surface area is 121 Å². The van der Waals surface area contributed by atoms with Crippen molar-refractivity contribution in [2.75, 3.05) is 33.3 Å². The summed E-state index contributed by atoms with van der Waals surface area (Å²) in [4.78, 5) is 28.3. The SMILES string of the molecule is COC(=O)C1CN(C(C)C(=O)N2CCCCC2)CC1C. The standard InChI is InChI=1S/C15H26N2O3/c1-11-9-17(10-13(11)15(19)20-3)12(2)14(18)16-7-5-4-6-8-16/h11-13H,4-10H2,1-3H3. The third-order valence-electron chi connectivity index (χ3n) is 4.72. The Hall–Kier alpha value is -1.10. The maximum Gasteiger partial charge on any atom is 0.310 e. The van der Waals surface area contributed by atoms with Crippen LogP contribution in [0.5, 0.6) is 0 Å². The number of piperidine rings is 1. The van der Waals surface area contributed by atoms with E-state index in [1.54, 1.807) is 0 Å². The van der Waals surface area contributed by atoms with Crippen LogP contribution in [-0.2, 0) is 14.3 Å². The highest BCUT2D eigenvalue weighted by molar-refractivity contribution is 5.82. The van der Waals surface area contributed by atoms with Gasteiger partial charge in [-0.1, -0.05) is 6.92 Å². The number of ether oxygens (including phenoxy) is 1. The molecule has 0 bridgehead atoms. The number of carbonyl (C=O) groups excluding carboxylic acids is 2. The number of methoxy groups -OCH3 is 1. The summed E-state index contributed by atoms with van der Waals surface area (Å²) >= 11 is 0. The van der Waals surface area contributed by atoms with E-state index >= 15 is 0 Å². The zero-order valence-corrected chi connectivity index (χ0v) is 12.8. The molecule has 3 unspecified atom stereocenters. The van der Waals surface area contributed by atoms with Gasteiger partial charge in [-0.3, -0.25) is 14.5 Å². The zero-order chi connectivity index (χ0) is 14.7. The van der Waals surface area contributed by atoms with Crippen LogP contribution in [0.15, 0.2) is 0 Å². The first-order valence-corrected chi connectivity index (χ1v) is 7.65. The van der Waals surface area contributed by atoms with Crippen LogP contribution in [0.4, 0.5) is 0 Å². The Morgan fingerprint density at radius 3 is 2.40 bits per heavy atom. The molecule has 0 radical (unpaired) electrons. The van der Waals surface area contributed by atoms with Crippen molar-refractivity contribution in [1.82, 2.24) is 9.80 Å². The summed E-state index contributed by atoms with van der Waals surface area (Å²) in [5.74, 6) is 0.204. The smallest absolute Gasteiger partial charge is 0.310 e. The minimum Gasteiger partial charge on any atom is -0.469 e. The number of hydrogen-bond acceptors (Lipinski definition) is 4. The molecule has 0 aliphatic carbocycles. The number of amides is 1. The first-order valence-electron chi connectivity index (χ1n) is 7.65. The second kappa shape index (κ2) is 6.57. The van der Waals surface area contributed by atoms with E-state index in [0.717, 1.165) is 32.5 Å². The van der Waals surface area contributed by atoms with Gasteiger partial charge in [-0.25, -0.2) is 0 Å². The van der Waals surface area contributed by atoms with E-state index in [1.807, 2.05) is 11.8 Å². The van der Waals surface area contributed by atoms with Gasteiger partial charge in [-0.15, -0.1) is 0 Å². The molecule has 0 aromatic carbocycles. The van der Waals surface area contributed by atoms with E-state index in [9.17, 15) is 9.59 Å². The Kier molecular flexibility index (Phi) is 5.02. The average molecular weight is 282 g/mol. The van der Waals surface area contributed by atoms with Crippen molar-refractivity contribution in [3.63, 3.8) is 0 Å². The molecule has 0 aromatic heterocycles. The van der Waals surface area contributed by atoms with Crippen LogP contribution in [0.3, 0.4) is 0 Å². The normalized spacial score (nSPS) is 29.2. The molecule has 2 aliphatic rings. The van der Waals surface area contributed by atoms with E-state index in [0.29, 0.717) is 6.54 Å². The first-order chi connectivity index (χ1) is 9.54. The van der Waals surface area contributed by atoms with Gasteiger partial charge in [0.05, 0.1) is 19.1 Å². The monoisotopic (exact) mass is 282 g/mol. The highest BCUT2D eigenvalue weighted by Crippen LogP contribution is 2.26. The van der Waals surface area contributed by atoms with Crippen molar-refractivity contribution in [3.8, 4) is 0 Å². The Morgan fingerprint density at radius 2 is 1.80 bits per heavy atom. The minimum absolute atomic E-state index is 0.100. The van der Waals surface area contributed by atoms with Gasteiger partial charge in [0.2, 0.25) is 5.91 Å². The molecule has 2 aliphatic heterocycles. The van der Waals surface area contributed by atoms with E-state index in [1.165, 1.54) is 13.5 Å². The number of carbonyl (C=O) groups is 2. The quantitative estimate of drug-likeness (QED) is 0.728. The summed E-state index contributed by atoms with van der Waals surface area (Å²) in [5.41, 5.74) is 0. The summed E-state index contributed by atoms with van der Waals surface area (Å²) in [6.45, 7) is 7.21. The molecule has 3 atom stereocenters. The molecule has 2 rings (SSSR count). The molecule has 5 heteroatoms. The third-order valence-corrected chi connectivity index (χ3v) is 4.72. The van der Waals surface area contributed by atoms with E-state index in [-0.39, 0.29) is 29.8 Å². The molecule has 5 nitrogen and oxygen atoms in total. The predicted molar refractivity (Wildman–Crippen MR) is 76.1 cm³/mol. The van der Waals surface area contributed by atoms with Crippen LogP contribution in [0.2, 0.25) is 0 Å². The summed E-state index contributed by atoms with van der Waals surface area (Å²) in [7, 11) is 1.43. The van der Waals surface area contributed by atoms with Crippen molar-refractivity contribution in [3.05, 3.63) is 0 Å². The van der Waals surface area contributed by atoms with Gasteiger partial charge in [0, 0.05) is 26.2 Å². The number of hydrogen-bond donors (Lipinski definition) is 0. The maximum absolute atomic E-state index is 12.5. The molecule has 2 saturated heterocycles. The molecule has 1 amide bonds. The van der Waals surface area contributed by atoms with Gasteiger partial charge in [-0.2, -0.15) is 0 Å². The van der Waals surface area contributed by atoms with Crippen LogP contribution < -0.4 is 0 Å². The van der Waals surface area contributed by atoms with Crippen LogP contribution in [0.25, 0.3) is 0 Å². The van der Waals surface area contributed by atoms with Crippen molar-refractivity contribution in [2.24, 2.45) is 11.8 Å². The van der Waals surface area contributed by atoms with E-state index < -0.39 is 0 Å². The fraction of sp³-hybridized carbons (Fsp3) is 0.867. The molecule has 0 N–H and O–H groups in total. The number of nitrogens with zero attached hydrogens (tertiary/aromatic N) is 2. The van der Waals surface area contributed by atoms with Gasteiger partial charge < -0.3 is 9.64 Å². The lowest BCUT2D eigenvalue weighted by atomic mass is 9.99. The largest absolute Gasteiger partial charge is 0.469 e. The second-order valence-corrected chi connectivity index (χ2v) is 6.12. The van der Waals surface area contributed by atoms with Crippen LogP contribution in [0.1, 0.15) is 33.1 Å². The van der Waals surface area contributed by atoms with Crippen molar-refractivity contribution >= 4 is 11.9 Å². The molecule has 114 valence electrons. The highest BCUT2D eigenvalue weighted by atomic mass is 16.5. The van der Waals surface area contributed by atoms with Crippen LogP contribution >= 0.6 is 0 Å². The molecular formula is C15H26N2O3. The van der Waals surface area contributed by atoms with Crippen molar-refractivity contribution in [1.29, 1.82) is 0 Å². The van der Waals surface area contributed by atoms with Crippen molar-refractivity contribution in [2.45, 2.75) is 39.2 Å². The molecule has 0 saturated carbocycles. The summed E-state index contributed by atoms with van der Waals surface area (Å²) in [6.07, 6.45) is 3.45. The van der Waals surface area contributed by atoms with Gasteiger partial charge in [0.1, 0.15) is 0 Å². The summed E-state index contributed by atoms with van der Waals surface area (Å²) in [5, 5.41) is 0. The summed E-state index contributed by atoms with van der Waals surface area (Å²) in [6, 6.07) is -0.134. The second-order valence-electron chi connectivity index (χ2n) is 6.12. The van der Waals surface area contributed by atoms with Gasteiger partial charge in [0.25, 0.3) is 0 Å². The molecule has 0 aromatic rings. The number of likely N-dealkylation sites (tertiary alicyclic amines) is 2. The maximum atomic E-state index is 12.5. The van der Waals surface area contributed by atoms with Crippen molar-refractivity contribution < 1.29 is 14.3 Å². The average Bonchev–Trinajstić information content (AvgIpc) is 2.87. The Morgan fingerprint density at radius 1 is 1.15 bits per heavy atom.